The van der Waals surface area contributed by atoms with Crippen molar-refractivity contribution in [3.63, 3.8) is 0 Å². The zero-order chi connectivity index (χ0) is 22.2. The molecule has 0 bridgehead atoms. The van der Waals surface area contributed by atoms with Crippen molar-refractivity contribution in [2.45, 2.75) is 32.8 Å². The molecule has 0 spiro atoms. The summed E-state index contributed by atoms with van der Waals surface area (Å²) < 4.78 is 29.0. The van der Waals surface area contributed by atoms with Gasteiger partial charge in [0, 0.05) is 31.2 Å². The number of nitrogens with one attached hydrogen (secondary N) is 2. The molecule has 2 amide bonds. The average Bonchev–Trinajstić information content (AvgIpc) is 2.78. The predicted octanol–water partition coefficient (Wildman–Crippen LogP) is 4.41. The topological polar surface area (TPSA) is 70.7 Å². The summed E-state index contributed by atoms with van der Waals surface area (Å²) in [6.45, 7) is 0.859. The number of alkyl halides is 2. The highest BCUT2D eigenvalue weighted by molar-refractivity contribution is 6.00. The second kappa shape index (κ2) is 10.7. The van der Waals surface area contributed by atoms with Gasteiger partial charge in [0.25, 0.3) is 5.91 Å². The van der Waals surface area contributed by atoms with E-state index < -0.39 is 6.61 Å². The van der Waals surface area contributed by atoms with Gasteiger partial charge in [-0.1, -0.05) is 19.1 Å². The molecule has 2 aromatic rings. The molecule has 1 aliphatic rings. The number of benzene rings is 2. The molecular weight excluding hydrogens is 404 g/mol. The highest BCUT2D eigenvalue weighted by atomic mass is 19.3. The van der Waals surface area contributed by atoms with Crippen molar-refractivity contribution in [3.05, 3.63) is 54.1 Å². The Labute approximate surface area is 180 Å². The zero-order valence-electron chi connectivity index (χ0n) is 17.4. The average molecular weight is 431 g/mol. The maximum Gasteiger partial charge on any atom is 0.387 e. The molecule has 166 valence electrons. The molecule has 2 N–H and O–H groups in total. The lowest BCUT2D eigenvalue weighted by Gasteiger charge is -2.32. The minimum atomic E-state index is -2.88. The summed E-state index contributed by atoms with van der Waals surface area (Å²) in [7, 11) is 0. The molecule has 8 heteroatoms. The van der Waals surface area contributed by atoms with Crippen molar-refractivity contribution in [2.75, 3.05) is 25.0 Å². The number of halogens is 2. The van der Waals surface area contributed by atoms with Gasteiger partial charge in [-0.3, -0.25) is 9.59 Å². The first-order valence-corrected chi connectivity index (χ1v) is 10.5. The van der Waals surface area contributed by atoms with Crippen LogP contribution in [-0.4, -0.2) is 43.0 Å². The molecule has 0 aliphatic carbocycles. The van der Waals surface area contributed by atoms with E-state index in [2.05, 4.69) is 15.4 Å². The quantitative estimate of drug-likeness (QED) is 0.650. The summed E-state index contributed by atoms with van der Waals surface area (Å²) in [5.41, 5.74) is 1.79. The van der Waals surface area contributed by atoms with Crippen LogP contribution in [0.1, 0.15) is 36.5 Å². The Balaban J connectivity index is 1.63. The fraction of sp³-hybridized carbons (Fsp3) is 0.391. The minimum absolute atomic E-state index is 0.0575. The van der Waals surface area contributed by atoms with Gasteiger partial charge in [-0.25, -0.2) is 0 Å². The van der Waals surface area contributed by atoms with Gasteiger partial charge in [-0.2, -0.15) is 8.78 Å². The summed E-state index contributed by atoms with van der Waals surface area (Å²) in [5, 5.41) is 6.09. The first-order chi connectivity index (χ1) is 15.0. The monoisotopic (exact) mass is 431 g/mol. The number of amides is 2. The predicted molar refractivity (Wildman–Crippen MR) is 115 cm³/mol. The minimum Gasteiger partial charge on any atom is -0.435 e. The molecule has 1 fully saturated rings. The number of hydrogen-bond donors (Lipinski definition) is 2. The van der Waals surface area contributed by atoms with E-state index in [-0.39, 0.29) is 23.5 Å². The molecule has 0 unspecified atom stereocenters. The van der Waals surface area contributed by atoms with Crippen LogP contribution >= 0.6 is 0 Å². The van der Waals surface area contributed by atoms with Gasteiger partial charge in [-0.15, -0.1) is 0 Å². The zero-order valence-corrected chi connectivity index (χ0v) is 17.4. The Hall–Kier alpha value is -3.16. The van der Waals surface area contributed by atoms with E-state index in [4.69, 9.17) is 0 Å². The van der Waals surface area contributed by atoms with Gasteiger partial charge in [-0.05, 0) is 55.7 Å². The van der Waals surface area contributed by atoms with Crippen molar-refractivity contribution >= 4 is 23.2 Å². The first-order valence-electron chi connectivity index (χ1n) is 10.5. The van der Waals surface area contributed by atoms with Crippen LogP contribution in [0.5, 0.6) is 5.75 Å². The van der Waals surface area contributed by atoms with Crippen LogP contribution in [0.2, 0.25) is 0 Å². The molecule has 0 aromatic heterocycles. The van der Waals surface area contributed by atoms with Gasteiger partial charge < -0.3 is 20.3 Å². The molecule has 0 radical (unpaired) electrons. The molecule has 2 aromatic carbocycles. The van der Waals surface area contributed by atoms with Crippen molar-refractivity contribution in [2.24, 2.45) is 5.92 Å². The normalized spacial score (nSPS) is 14.4. The maximum atomic E-state index is 13.1. The van der Waals surface area contributed by atoms with E-state index in [1.54, 1.807) is 35.2 Å². The number of rotatable bonds is 8. The number of anilines is 2. The molecule has 0 saturated carbocycles. The lowest BCUT2D eigenvalue weighted by molar-refractivity contribution is -0.126. The van der Waals surface area contributed by atoms with Crippen LogP contribution in [0.4, 0.5) is 20.2 Å². The molecule has 1 saturated heterocycles. The summed E-state index contributed by atoms with van der Waals surface area (Å²) in [5.74, 6) is -0.0304. The Morgan fingerprint density at radius 3 is 2.42 bits per heavy atom. The number of carbonyl (C=O) groups excluding carboxylic acids is 2. The van der Waals surface area contributed by atoms with Crippen LogP contribution in [0, 0.1) is 5.92 Å². The summed E-state index contributed by atoms with van der Waals surface area (Å²) in [4.78, 5) is 27.1. The van der Waals surface area contributed by atoms with Gasteiger partial charge >= 0.3 is 6.61 Å². The summed E-state index contributed by atoms with van der Waals surface area (Å²) in [6, 6.07) is 13.3. The van der Waals surface area contributed by atoms with Crippen LogP contribution in [0.3, 0.4) is 0 Å². The van der Waals surface area contributed by atoms with Crippen LogP contribution in [0.15, 0.2) is 48.5 Å². The second-order valence-electron chi connectivity index (χ2n) is 7.43. The lowest BCUT2D eigenvalue weighted by atomic mass is 9.95. The Bertz CT molecular complexity index is 882. The van der Waals surface area contributed by atoms with Crippen molar-refractivity contribution in [3.8, 4) is 5.75 Å². The second-order valence-corrected chi connectivity index (χ2v) is 7.43. The highest BCUT2D eigenvalue weighted by Crippen LogP contribution is 2.26. The number of piperidine rings is 1. The van der Waals surface area contributed by atoms with Crippen molar-refractivity contribution < 1.29 is 23.1 Å². The highest BCUT2D eigenvalue weighted by Gasteiger charge is 2.28. The van der Waals surface area contributed by atoms with E-state index >= 15 is 0 Å². The fourth-order valence-electron chi connectivity index (χ4n) is 3.56. The van der Waals surface area contributed by atoms with E-state index in [0.29, 0.717) is 49.4 Å². The van der Waals surface area contributed by atoms with Crippen LogP contribution in [0.25, 0.3) is 0 Å². The number of carbonyl (C=O) groups is 2. The molecular formula is C23H27F2N3O3. The Morgan fingerprint density at radius 1 is 1.10 bits per heavy atom. The Morgan fingerprint density at radius 2 is 1.77 bits per heavy atom. The fourth-order valence-corrected chi connectivity index (χ4v) is 3.56. The van der Waals surface area contributed by atoms with Gasteiger partial charge in [0.2, 0.25) is 5.91 Å². The molecule has 1 aliphatic heterocycles. The number of hydrogen-bond acceptors (Lipinski definition) is 4. The molecule has 0 atom stereocenters. The van der Waals surface area contributed by atoms with E-state index in [9.17, 15) is 18.4 Å². The third kappa shape index (κ3) is 6.16. The van der Waals surface area contributed by atoms with Gasteiger partial charge in [0.1, 0.15) is 5.75 Å². The molecule has 3 rings (SSSR count). The van der Waals surface area contributed by atoms with Crippen molar-refractivity contribution in [1.82, 2.24) is 10.2 Å². The number of para-hydroxylation sites is 1. The number of ether oxygens (including phenoxy) is 1. The maximum absolute atomic E-state index is 13.1. The molecule has 6 nitrogen and oxygen atoms in total. The van der Waals surface area contributed by atoms with Crippen LogP contribution < -0.4 is 15.4 Å². The van der Waals surface area contributed by atoms with E-state index in [1.165, 1.54) is 12.1 Å². The lowest BCUT2D eigenvalue weighted by Crippen LogP contribution is -2.43. The number of likely N-dealkylation sites (tertiary alicyclic amines) is 1. The van der Waals surface area contributed by atoms with Crippen molar-refractivity contribution in [1.29, 1.82) is 0 Å². The third-order valence-corrected chi connectivity index (χ3v) is 5.22. The smallest absolute Gasteiger partial charge is 0.387 e. The van der Waals surface area contributed by atoms with Gasteiger partial charge in [0.05, 0.1) is 11.3 Å². The van der Waals surface area contributed by atoms with Gasteiger partial charge in [0.15, 0.2) is 0 Å². The van der Waals surface area contributed by atoms with Crippen LogP contribution in [-0.2, 0) is 4.79 Å². The summed E-state index contributed by atoms with van der Waals surface area (Å²) >= 11 is 0. The molecule has 1 heterocycles. The standard InChI is InChI=1S/C23H27F2N3O3/c1-2-13-26-21(29)16-11-14-28(15-12-16)22(30)19-5-3-4-6-20(19)27-17-7-9-18(10-8-17)31-23(24)25/h3-10,16,23,27H,2,11-15H2,1H3,(H,26,29). The first kappa shape index (κ1) is 22.5. The van der Waals surface area contributed by atoms with E-state index in [0.717, 1.165) is 6.42 Å². The van der Waals surface area contributed by atoms with E-state index in [1.807, 2.05) is 13.0 Å². The summed E-state index contributed by atoms with van der Waals surface area (Å²) in [6.07, 6.45) is 2.18. The SMILES string of the molecule is CCCNC(=O)C1CCN(C(=O)c2ccccc2Nc2ccc(OC(F)F)cc2)CC1. The third-order valence-electron chi connectivity index (χ3n) is 5.22. The molecule has 31 heavy (non-hydrogen) atoms. The Kier molecular flexibility index (Phi) is 7.81. The number of nitrogens with zero attached hydrogens (tertiary/aromatic N) is 1. The largest absolute Gasteiger partial charge is 0.435 e.